The van der Waals surface area contributed by atoms with Crippen LogP contribution >= 0.6 is 0 Å². The lowest BCUT2D eigenvalue weighted by Crippen LogP contribution is -2.40. The second kappa shape index (κ2) is 7.59. The highest BCUT2D eigenvalue weighted by Gasteiger charge is 2.21. The number of amides is 2. The molecule has 2 amide bonds. The third-order valence-corrected chi connectivity index (χ3v) is 4.37. The lowest BCUT2D eigenvalue weighted by Gasteiger charge is -2.24. The van der Waals surface area contributed by atoms with Gasteiger partial charge in [-0.05, 0) is 24.3 Å². The predicted molar refractivity (Wildman–Crippen MR) is 99.7 cm³/mol. The van der Waals surface area contributed by atoms with Crippen molar-refractivity contribution in [1.82, 2.24) is 14.9 Å². The van der Waals surface area contributed by atoms with Crippen molar-refractivity contribution in [3.63, 3.8) is 0 Å². The molecule has 0 spiro atoms. The van der Waals surface area contributed by atoms with Crippen molar-refractivity contribution < 1.29 is 13.9 Å². The zero-order valence-corrected chi connectivity index (χ0v) is 14.6. The molecule has 0 saturated heterocycles. The highest BCUT2D eigenvalue weighted by Crippen LogP contribution is 2.22. The molecular formula is C20H19FN4O2. The Labute approximate surface area is 156 Å². The third-order valence-electron chi connectivity index (χ3n) is 4.37. The third kappa shape index (κ3) is 4.15. The molecule has 1 aliphatic rings. The minimum atomic E-state index is -0.355. The number of carbonyl (C=O) groups excluding carboxylic acids is 1. The average Bonchev–Trinajstić information content (AvgIpc) is 3.12. The number of nitrogens with zero attached hydrogens (tertiary/aromatic N) is 2. The number of hydrogen-bond acceptors (Lipinski definition) is 3. The van der Waals surface area contributed by atoms with E-state index < -0.39 is 0 Å². The maximum Gasteiger partial charge on any atom is 0.319 e. The Morgan fingerprint density at radius 1 is 1.19 bits per heavy atom. The van der Waals surface area contributed by atoms with Gasteiger partial charge in [0.05, 0.1) is 18.3 Å². The summed E-state index contributed by atoms with van der Waals surface area (Å²) in [6.07, 6.45) is 1.87. The molecule has 1 aliphatic heterocycles. The van der Waals surface area contributed by atoms with Crippen molar-refractivity contribution in [2.24, 2.45) is 0 Å². The fraction of sp³-hybridized carbons (Fsp3) is 0.200. The molecule has 0 bridgehead atoms. The van der Waals surface area contributed by atoms with E-state index in [1.54, 1.807) is 0 Å². The van der Waals surface area contributed by atoms with Crippen LogP contribution in [0.4, 0.5) is 14.9 Å². The number of imidazole rings is 1. The fourth-order valence-electron chi connectivity index (χ4n) is 2.98. The number of ether oxygens (including phenoxy) is 1. The quantitative estimate of drug-likeness (QED) is 0.744. The standard InChI is InChI=1S/C20H19FN4O2/c21-15-6-8-16(9-7-15)23-20(26)22-10-17-11-25-12-18(24-19(25)13-27-17)14-4-2-1-3-5-14/h1-9,12,17H,10-11,13H2,(H2,22,23,26)/t17-/m0/s1. The number of anilines is 1. The molecule has 7 heteroatoms. The van der Waals surface area contributed by atoms with E-state index in [0.29, 0.717) is 25.4 Å². The number of carbonyl (C=O) groups is 1. The maximum atomic E-state index is 12.9. The van der Waals surface area contributed by atoms with Crippen LogP contribution in [0.1, 0.15) is 5.82 Å². The first-order valence-electron chi connectivity index (χ1n) is 8.71. The monoisotopic (exact) mass is 366 g/mol. The van der Waals surface area contributed by atoms with E-state index in [0.717, 1.165) is 17.1 Å². The Kier molecular flexibility index (Phi) is 4.84. The van der Waals surface area contributed by atoms with Gasteiger partial charge in [0, 0.05) is 24.0 Å². The molecule has 2 aromatic carbocycles. The van der Waals surface area contributed by atoms with Crippen molar-refractivity contribution in [3.8, 4) is 11.3 Å². The van der Waals surface area contributed by atoms with Gasteiger partial charge in [0.1, 0.15) is 18.2 Å². The predicted octanol–water partition coefficient (Wildman–Crippen LogP) is 3.41. The van der Waals surface area contributed by atoms with E-state index >= 15 is 0 Å². The van der Waals surface area contributed by atoms with Crippen molar-refractivity contribution in [1.29, 1.82) is 0 Å². The van der Waals surface area contributed by atoms with Gasteiger partial charge in [-0.25, -0.2) is 14.2 Å². The Bertz CT molecular complexity index is 925. The second-order valence-electron chi connectivity index (χ2n) is 6.34. The van der Waals surface area contributed by atoms with E-state index in [2.05, 4.69) is 20.2 Å². The molecule has 0 saturated carbocycles. The topological polar surface area (TPSA) is 68.2 Å². The van der Waals surface area contributed by atoms with Crippen LogP contribution in [0.15, 0.2) is 60.8 Å². The average molecular weight is 366 g/mol. The molecule has 6 nitrogen and oxygen atoms in total. The van der Waals surface area contributed by atoms with Gasteiger partial charge >= 0.3 is 6.03 Å². The summed E-state index contributed by atoms with van der Waals surface area (Å²) in [6.45, 7) is 1.38. The van der Waals surface area contributed by atoms with E-state index in [1.165, 1.54) is 24.3 Å². The zero-order chi connectivity index (χ0) is 18.6. The van der Waals surface area contributed by atoms with Crippen molar-refractivity contribution in [3.05, 3.63) is 72.4 Å². The van der Waals surface area contributed by atoms with Gasteiger partial charge in [-0.1, -0.05) is 30.3 Å². The van der Waals surface area contributed by atoms with Crippen LogP contribution in [0.2, 0.25) is 0 Å². The Balaban J connectivity index is 1.32. The molecule has 0 unspecified atom stereocenters. The molecule has 138 valence electrons. The fourth-order valence-corrected chi connectivity index (χ4v) is 2.98. The number of halogens is 1. The van der Waals surface area contributed by atoms with Crippen LogP contribution in [-0.4, -0.2) is 28.2 Å². The normalized spacial score (nSPS) is 15.8. The van der Waals surface area contributed by atoms with Crippen LogP contribution in [0.5, 0.6) is 0 Å². The van der Waals surface area contributed by atoms with E-state index in [4.69, 9.17) is 4.74 Å². The molecule has 3 aromatic rings. The van der Waals surface area contributed by atoms with Gasteiger partial charge in [0.25, 0.3) is 0 Å². The Morgan fingerprint density at radius 2 is 1.96 bits per heavy atom. The van der Waals surface area contributed by atoms with Crippen LogP contribution in [0, 0.1) is 5.82 Å². The summed E-state index contributed by atoms with van der Waals surface area (Å²) >= 11 is 0. The molecular weight excluding hydrogens is 347 g/mol. The van der Waals surface area contributed by atoms with Crippen molar-refractivity contribution >= 4 is 11.7 Å². The summed E-state index contributed by atoms with van der Waals surface area (Å²) in [6, 6.07) is 15.2. The van der Waals surface area contributed by atoms with E-state index in [1.807, 2.05) is 36.5 Å². The van der Waals surface area contributed by atoms with Crippen LogP contribution in [0.25, 0.3) is 11.3 Å². The van der Waals surface area contributed by atoms with Gasteiger partial charge < -0.3 is 19.9 Å². The Morgan fingerprint density at radius 3 is 2.74 bits per heavy atom. The van der Waals surface area contributed by atoms with Gasteiger partial charge in [-0.15, -0.1) is 0 Å². The highest BCUT2D eigenvalue weighted by atomic mass is 19.1. The number of benzene rings is 2. The number of aromatic nitrogens is 2. The molecule has 0 radical (unpaired) electrons. The molecule has 0 aliphatic carbocycles. The molecule has 2 N–H and O–H groups in total. The lowest BCUT2D eigenvalue weighted by molar-refractivity contribution is 0.00467. The summed E-state index contributed by atoms with van der Waals surface area (Å²) < 4.78 is 20.8. The van der Waals surface area contributed by atoms with Crippen LogP contribution < -0.4 is 10.6 Å². The van der Waals surface area contributed by atoms with Crippen LogP contribution in [-0.2, 0) is 17.9 Å². The first-order chi connectivity index (χ1) is 13.2. The summed E-state index contributed by atoms with van der Waals surface area (Å²) in [7, 11) is 0. The smallest absolute Gasteiger partial charge is 0.319 e. The highest BCUT2D eigenvalue weighted by molar-refractivity contribution is 5.89. The van der Waals surface area contributed by atoms with Gasteiger partial charge in [-0.2, -0.15) is 0 Å². The number of urea groups is 1. The zero-order valence-electron chi connectivity index (χ0n) is 14.6. The van der Waals surface area contributed by atoms with Gasteiger partial charge in [0.2, 0.25) is 0 Å². The van der Waals surface area contributed by atoms with E-state index in [9.17, 15) is 9.18 Å². The molecule has 4 rings (SSSR count). The minimum Gasteiger partial charge on any atom is -0.367 e. The lowest BCUT2D eigenvalue weighted by atomic mass is 10.2. The molecule has 1 atom stereocenters. The number of fused-ring (bicyclic) bond motifs is 1. The largest absolute Gasteiger partial charge is 0.367 e. The molecule has 2 heterocycles. The SMILES string of the molecule is O=C(NC[C@H]1Cn2cc(-c3ccccc3)nc2CO1)Nc1ccc(F)cc1. The first-order valence-corrected chi connectivity index (χ1v) is 8.71. The van der Waals surface area contributed by atoms with Crippen molar-refractivity contribution in [2.45, 2.75) is 19.3 Å². The molecule has 27 heavy (non-hydrogen) atoms. The summed E-state index contributed by atoms with van der Waals surface area (Å²) in [5.74, 6) is 0.531. The first kappa shape index (κ1) is 17.2. The van der Waals surface area contributed by atoms with Gasteiger partial charge in [-0.3, -0.25) is 0 Å². The van der Waals surface area contributed by atoms with Crippen molar-refractivity contribution in [2.75, 3.05) is 11.9 Å². The summed E-state index contributed by atoms with van der Waals surface area (Å²) in [5.41, 5.74) is 2.51. The molecule has 1 aromatic heterocycles. The summed E-state index contributed by atoms with van der Waals surface area (Å²) in [5, 5.41) is 5.44. The van der Waals surface area contributed by atoms with Crippen LogP contribution in [0.3, 0.4) is 0 Å². The molecule has 0 fully saturated rings. The van der Waals surface area contributed by atoms with Gasteiger partial charge in [0.15, 0.2) is 0 Å². The Hall–Kier alpha value is -3.19. The summed E-state index contributed by atoms with van der Waals surface area (Å²) in [4.78, 5) is 16.6. The van der Waals surface area contributed by atoms with E-state index in [-0.39, 0.29) is 18.0 Å². The number of rotatable bonds is 4. The minimum absolute atomic E-state index is 0.144. The number of nitrogens with one attached hydrogen (secondary N) is 2. The second-order valence-corrected chi connectivity index (χ2v) is 6.34. The number of hydrogen-bond donors (Lipinski definition) is 2. The maximum absolute atomic E-state index is 12.9.